The number of aliphatic hydroxyl groups excluding tert-OH is 1. The van der Waals surface area contributed by atoms with Crippen LogP contribution in [-0.4, -0.2) is 64.7 Å². The average Bonchev–Trinajstić information content (AvgIpc) is 2.43. The highest BCUT2D eigenvalue weighted by molar-refractivity contribution is 5.93. The second-order valence-electron chi connectivity index (χ2n) is 4.83. The van der Waals surface area contributed by atoms with Gasteiger partial charge in [0.1, 0.15) is 18.1 Å². The lowest BCUT2D eigenvalue weighted by Crippen LogP contribution is -2.56. The summed E-state index contributed by atoms with van der Waals surface area (Å²) < 4.78 is 0. The van der Waals surface area contributed by atoms with Crippen LogP contribution in [0.25, 0.3) is 0 Å². The summed E-state index contributed by atoms with van der Waals surface area (Å²) in [6, 6.07) is -4.28. The summed E-state index contributed by atoms with van der Waals surface area (Å²) in [7, 11) is 0. The van der Waals surface area contributed by atoms with Gasteiger partial charge in [-0.1, -0.05) is 0 Å². The Bertz CT molecular complexity index is 439. The van der Waals surface area contributed by atoms with Crippen LogP contribution in [0, 0.1) is 0 Å². The third kappa shape index (κ3) is 6.50. The maximum absolute atomic E-state index is 11.8. The molecule has 0 aliphatic rings. The molecule has 126 valence electrons. The maximum Gasteiger partial charge on any atom is 0.325 e. The number of hydrogen-bond acceptors (Lipinski definition) is 6. The minimum atomic E-state index is -1.26. The molecule has 10 nitrogen and oxygen atoms in total. The molecule has 0 heterocycles. The van der Waals surface area contributed by atoms with Crippen molar-refractivity contribution < 1.29 is 29.4 Å². The van der Waals surface area contributed by atoms with Crippen molar-refractivity contribution in [3.63, 3.8) is 0 Å². The third-order valence-corrected chi connectivity index (χ3v) is 2.71. The van der Waals surface area contributed by atoms with Crippen LogP contribution in [0.4, 0.5) is 0 Å². The first-order chi connectivity index (χ1) is 10.1. The van der Waals surface area contributed by atoms with E-state index in [0.717, 1.165) is 0 Å². The molecule has 4 unspecified atom stereocenters. The molecule has 22 heavy (non-hydrogen) atoms. The van der Waals surface area contributed by atoms with Gasteiger partial charge in [0.15, 0.2) is 0 Å². The minimum absolute atomic E-state index is 0.634. The van der Waals surface area contributed by atoms with Gasteiger partial charge >= 0.3 is 5.97 Å². The van der Waals surface area contributed by atoms with Gasteiger partial charge in [-0.3, -0.25) is 19.2 Å². The lowest BCUT2D eigenvalue weighted by Gasteiger charge is -2.21. The van der Waals surface area contributed by atoms with E-state index in [0.29, 0.717) is 0 Å². The van der Waals surface area contributed by atoms with Crippen LogP contribution in [0.1, 0.15) is 20.8 Å². The molecule has 0 fully saturated rings. The fourth-order valence-corrected chi connectivity index (χ4v) is 1.28. The first-order valence-corrected chi connectivity index (χ1v) is 6.60. The van der Waals surface area contributed by atoms with Crippen molar-refractivity contribution in [1.82, 2.24) is 16.0 Å². The Kier molecular flexibility index (Phi) is 8.05. The Morgan fingerprint density at radius 3 is 1.82 bits per heavy atom. The molecule has 10 heteroatoms. The number of carbonyl (C=O) groups is 4. The predicted octanol–water partition coefficient (Wildman–Crippen LogP) is -3.10. The van der Waals surface area contributed by atoms with Crippen LogP contribution in [0.15, 0.2) is 0 Å². The van der Waals surface area contributed by atoms with E-state index in [4.69, 9.17) is 15.9 Å². The van der Waals surface area contributed by atoms with Gasteiger partial charge in [0.25, 0.3) is 0 Å². The Hall–Kier alpha value is -2.20. The first-order valence-electron chi connectivity index (χ1n) is 6.60. The molecule has 0 saturated heterocycles. The Morgan fingerprint density at radius 2 is 1.41 bits per heavy atom. The van der Waals surface area contributed by atoms with Crippen LogP contribution in [0.2, 0.25) is 0 Å². The number of hydrogen-bond donors (Lipinski definition) is 6. The molecule has 0 saturated carbocycles. The molecule has 0 aliphatic heterocycles. The third-order valence-electron chi connectivity index (χ3n) is 2.71. The predicted molar refractivity (Wildman–Crippen MR) is 75.5 cm³/mol. The van der Waals surface area contributed by atoms with E-state index >= 15 is 0 Å². The normalized spacial score (nSPS) is 15.9. The molecule has 0 radical (unpaired) electrons. The van der Waals surface area contributed by atoms with Crippen LogP contribution in [0.3, 0.4) is 0 Å². The molecule has 0 rings (SSSR count). The Labute approximate surface area is 127 Å². The second-order valence-corrected chi connectivity index (χ2v) is 4.83. The van der Waals surface area contributed by atoms with Gasteiger partial charge in [-0.2, -0.15) is 0 Å². The van der Waals surface area contributed by atoms with Crippen LogP contribution in [0.5, 0.6) is 0 Å². The summed E-state index contributed by atoms with van der Waals surface area (Å²) in [6.07, 6.45) is 0. The van der Waals surface area contributed by atoms with Crippen molar-refractivity contribution in [2.24, 2.45) is 5.73 Å². The van der Waals surface area contributed by atoms with Gasteiger partial charge < -0.3 is 31.9 Å². The molecule has 0 aromatic carbocycles. The van der Waals surface area contributed by atoms with Crippen molar-refractivity contribution in [1.29, 1.82) is 0 Å². The molecule has 0 spiro atoms. The summed E-state index contributed by atoms with van der Waals surface area (Å²) in [6.45, 7) is 3.34. The summed E-state index contributed by atoms with van der Waals surface area (Å²) in [5.74, 6) is -3.35. The largest absolute Gasteiger partial charge is 0.480 e. The second kappa shape index (κ2) is 8.95. The van der Waals surface area contributed by atoms with Gasteiger partial charge in [0.05, 0.1) is 12.6 Å². The van der Waals surface area contributed by atoms with E-state index < -0.39 is 54.5 Å². The monoisotopic (exact) mass is 318 g/mol. The number of rotatable bonds is 8. The Morgan fingerprint density at radius 1 is 0.909 bits per heavy atom. The standard InChI is InChI=1S/C12H22N4O6/c1-5(13)9(18)16-8(4-17)11(20)14-6(2)10(19)15-7(3)12(21)22/h5-8,17H,4,13H2,1-3H3,(H,14,20)(H,15,19)(H,16,18)(H,21,22). The summed E-state index contributed by atoms with van der Waals surface area (Å²) in [5, 5.41) is 24.4. The average molecular weight is 318 g/mol. The molecule has 0 aromatic heterocycles. The zero-order chi connectivity index (χ0) is 17.4. The van der Waals surface area contributed by atoms with E-state index in [1.165, 1.54) is 20.8 Å². The van der Waals surface area contributed by atoms with Crippen LogP contribution >= 0.6 is 0 Å². The number of nitrogens with one attached hydrogen (secondary N) is 3. The van der Waals surface area contributed by atoms with Crippen LogP contribution in [-0.2, 0) is 19.2 Å². The number of nitrogens with two attached hydrogens (primary N) is 1. The summed E-state index contributed by atoms with van der Waals surface area (Å²) in [4.78, 5) is 45.5. The van der Waals surface area contributed by atoms with Crippen molar-refractivity contribution in [2.75, 3.05) is 6.61 Å². The summed E-state index contributed by atoms with van der Waals surface area (Å²) in [5.41, 5.74) is 5.33. The SMILES string of the molecule is CC(N)C(=O)NC(CO)C(=O)NC(C)C(=O)NC(C)C(=O)O. The number of carboxylic acids is 1. The molecule has 7 N–H and O–H groups in total. The van der Waals surface area contributed by atoms with E-state index in [1.54, 1.807) is 0 Å². The van der Waals surface area contributed by atoms with Gasteiger partial charge in [0, 0.05) is 0 Å². The van der Waals surface area contributed by atoms with E-state index in [2.05, 4.69) is 16.0 Å². The van der Waals surface area contributed by atoms with Crippen molar-refractivity contribution in [3.8, 4) is 0 Å². The first kappa shape index (κ1) is 19.8. The fourth-order valence-electron chi connectivity index (χ4n) is 1.28. The van der Waals surface area contributed by atoms with Crippen molar-refractivity contribution >= 4 is 23.7 Å². The molecular formula is C12H22N4O6. The highest BCUT2D eigenvalue weighted by atomic mass is 16.4. The molecule has 3 amide bonds. The smallest absolute Gasteiger partial charge is 0.325 e. The molecule has 0 aliphatic carbocycles. The van der Waals surface area contributed by atoms with Gasteiger partial charge in [-0.25, -0.2) is 0 Å². The topological polar surface area (TPSA) is 171 Å². The zero-order valence-electron chi connectivity index (χ0n) is 12.6. The quantitative estimate of drug-likeness (QED) is 0.275. The lowest BCUT2D eigenvalue weighted by atomic mass is 10.2. The number of aliphatic hydroxyl groups is 1. The van der Waals surface area contributed by atoms with Crippen molar-refractivity contribution in [3.05, 3.63) is 0 Å². The fraction of sp³-hybridized carbons (Fsp3) is 0.667. The maximum atomic E-state index is 11.8. The van der Waals surface area contributed by atoms with Gasteiger partial charge in [0.2, 0.25) is 17.7 Å². The lowest BCUT2D eigenvalue weighted by molar-refractivity contribution is -0.141. The highest BCUT2D eigenvalue weighted by Gasteiger charge is 2.25. The van der Waals surface area contributed by atoms with Crippen LogP contribution < -0.4 is 21.7 Å². The number of aliphatic carboxylic acids is 1. The number of carbonyl (C=O) groups excluding carboxylic acids is 3. The Balaban J connectivity index is 4.57. The molecule has 0 bridgehead atoms. The molecule has 4 atom stereocenters. The van der Waals surface area contributed by atoms with Gasteiger partial charge in [-0.15, -0.1) is 0 Å². The molecular weight excluding hydrogens is 296 g/mol. The van der Waals surface area contributed by atoms with Gasteiger partial charge in [-0.05, 0) is 20.8 Å². The number of amides is 3. The zero-order valence-corrected chi connectivity index (χ0v) is 12.6. The molecule has 0 aromatic rings. The van der Waals surface area contributed by atoms with E-state index in [1.807, 2.05) is 0 Å². The van der Waals surface area contributed by atoms with Crippen molar-refractivity contribution in [2.45, 2.75) is 44.9 Å². The van der Waals surface area contributed by atoms with E-state index in [-0.39, 0.29) is 0 Å². The van der Waals surface area contributed by atoms with E-state index in [9.17, 15) is 19.2 Å². The minimum Gasteiger partial charge on any atom is -0.480 e. The highest BCUT2D eigenvalue weighted by Crippen LogP contribution is 1.91. The summed E-state index contributed by atoms with van der Waals surface area (Å²) >= 11 is 0. The number of carboxylic acid groups (broad SMARTS) is 1.